The molecule has 2 N–H and O–H groups in total. The van der Waals surface area contributed by atoms with Crippen LogP contribution in [0.15, 0.2) is 41.3 Å². The molecule has 0 bridgehead atoms. The molecule has 0 aliphatic carbocycles. The summed E-state index contributed by atoms with van der Waals surface area (Å²) in [4.78, 5) is 0.183. The van der Waals surface area contributed by atoms with E-state index in [2.05, 4.69) is 11.3 Å². The molecule has 1 aromatic rings. The van der Waals surface area contributed by atoms with Crippen LogP contribution < -0.4 is 4.72 Å². The Balaban J connectivity index is 2.96. The van der Waals surface area contributed by atoms with E-state index < -0.39 is 16.1 Å². The monoisotopic (exact) mass is 255 g/mol. The number of hydrogen-bond donors (Lipinski definition) is 2. The van der Waals surface area contributed by atoms with E-state index in [-0.39, 0.29) is 11.5 Å². The Morgan fingerprint density at radius 1 is 1.41 bits per heavy atom. The van der Waals surface area contributed by atoms with Gasteiger partial charge < -0.3 is 5.11 Å². The van der Waals surface area contributed by atoms with Crippen LogP contribution in [0.5, 0.6) is 0 Å². The smallest absolute Gasteiger partial charge is 0.241 e. The minimum Gasteiger partial charge on any atom is -0.394 e. The molecule has 5 heteroatoms. The lowest BCUT2D eigenvalue weighted by Crippen LogP contribution is -2.38. The molecule has 1 rings (SSSR count). The van der Waals surface area contributed by atoms with Crippen molar-refractivity contribution in [3.63, 3.8) is 0 Å². The van der Waals surface area contributed by atoms with Gasteiger partial charge in [0.1, 0.15) is 0 Å². The lowest BCUT2D eigenvalue weighted by molar-refractivity contribution is 0.271. The maximum Gasteiger partial charge on any atom is 0.241 e. The normalized spacial score (nSPS) is 13.4. The molecular formula is C12H17NO3S. The molecule has 0 amide bonds. The van der Waals surface area contributed by atoms with Gasteiger partial charge in [-0.1, -0.05) is 29.8 Å². The van der Waals surface area contributed by atoms with Crippen LogP contribution in [0.1, 0.15) is 12.5 Å². The van der Waals surface area contributed by atoms with Crippen molar-refractivity contribution in [2.45, 2.75) is 24.8 Å². The van der Waals surface area contributed by atoms with Crippen LogP contribution in [-0.4, -0.2) is 26.2 Å². The Morgan fingerprint density at radius 2 is 1.94 bits per heavy atom. The zero-order valence-electron chi connectivity index (χ0n) is 9.97. The van der Waals surface area contributed by atoms with Crippen molar-refractivity contribution in [1.82, 2.24) is 4.72 Å². The maximum absolute atomic E-state index is 12.0. The minimum absolute atomic E-state index is 0.183. The molecule has 4 nitrogen and oxygen atoms in total. The van der Waals surface area contributed by atoms with Crippen molar-refractivity contribution < 1.29 is 13.5 Å². The Hall–Kier alpha value is -1.17. The van der Waals surface area contributed by atoms with E-state index in [4.69, 9.17) is 5.11 Å². The summed E-state index contributed by atoms with van der Waals surface area (Å²) in [7, 11) is -3.60. The number of aliphatic hydroxyl groups excluding tert-OH is 1. The first-order valence-corrected chi connectivity index (χ1v) is 6.70. The highest BCUT2D eigenvalue weighted by Crippen LogP contribution is 2.11. The molecule has 94 valence electrons. The number of aryl methyl sites for hydroxylation is 1. The summed E-state index contributed by atoms with van der Waals surface area (Å²) < 4.78 is 26.3. The summed E-state index contributed by atoms with van der Waals surface area (Å²) in [6, 6.07) is 5.86. The average molecular weight is 255 g/mol. The standard InChI is InChI=1S/C12H17NO3S/c1-9(2)12(8-14)13-17(15,16)11-6-4-10(3)5-7-11/h4-7,12-14H,1,8H2,2-3H3. The fraction of sp³-hybridized carbons (Fsp3) is 0.333. The SMILES string of the molecule is C=C(C)C(CO)NS(=O)(=O)c1ccc(C)cc1. The van der Waals surface area contributed by atoms with Crippen LogP contribution in [0, 0.1) is 6.92 Å². The molecule has 0 saturated carbocycles. The number of rotatable bonds is 5. The second-order valence-electron chi connectivity index (χ2n) is 4.02. The van der Waals surface area contributed by atoms with E-state index in [1.165, 1.54) is 12.1 Å². The summed E-state index contributed by atoms with van der Waals surface area (Å²) in [5.41, 5.74) is 1.56. The molecule has 17 heavy (non-hydrogen) atoms. The van der Waals surface area contributed by atoms with Crippen molar-refractivity contribution in [2.24, 2.45) is 0 Å². The minimum atomic E-state index is -3.60. The molecule has 0 aromatic heterocycles. The molecule has 1 aromatic carbocycles. The zero-order valence-corrected chi connectivity index (χ0v) is 10.8. The van der Waals surface area contributed by atoms with Crippen molar-refractivity contribution in [3.8, 4) is 0 Å². The van der Waals surface area contributed by atoms with Gasteiger partial charge in [-0.05, 0) is 26.0 Å². The van der Waals surface area contributed by atoms with E-state index in [0.717, 1.165) is 5.56 Å². The summed E-state index contributed by atoms with van der Waals surface area (Å²) in [6.07, 6.45) is 0. The number of benzene rings is 1. The first-order valence-electron chi connectivity index (χ1n) is 5.22. The van der Waals surface area contributed by atoms with Crippen molar-refractivity contribution in [1.29, 1.82) is 0 Å². The number of aliphatic hydroxyl groups is 1. The molecule has 1 unspecified atom stereocenters. The van der Waals surface area contributed by atoms with Gasteiger partial charge in [-0.3, -0.25) is 0 Å². The third-order valence-electron chi connectivity index (χ3n) is 2.41. The second kappa shape index (κ2) is 5.44. The van der Waals surface area contributed by atoms with E-state index in [9.17, 15) is 8.42 Å². The fourth-order valence-corrected chi connectivity index (χ4v) is 2.55. The molecule has 0 fully saturated rings. The van der Waals surface area contributed by atoms with E-state index in [1.54, 1.807) is 19.1 Å². The molecule has 0 aliphatic heterocycles. The lowest BCUT2D eigenvalue weighted by atomic mass is 10.2. The molecule has 0 radical (unpaired) electrons. The average Bonchev–Trinajstić information content (AvgIpc) is 2.26. The summed E-state index contributed by atoms with van der Waals surface area (Å²) >= 11 is 0. The zero-order chi connectivity index (χ0) is 13.1. The number of hydrogen-bond acceptors (Lipinski definition) is 3. The largest absolute Gasteiger partial charge is 0.394 e. The number of sulfonamides is 1. The second-order valence-corrected chi connectivity index (χ2v) is 5.73. The van der Waals surface area contributed by atoms with Crippen LogP contribution in [0.25, 0.3) is 0 Å². The highest BCUT2D eigenvalue weighted by Gasteiger charge is 2.19. The van der Waals surface area contributed by atoms with Gasteiger partial charge in [0.05, 0.1) is 17.5 Å². The molecule has 0 aliphatic rings. The summed E-state index contributed by atoms with van der Waals surface area (Å²) in [5.74, 6) is 0. The third-order valence-corrected chi connectivity index (χ3v) is 3.89. The van der Waals surface area contributed by atoms with E-state index in [1.807, 2.05) is 6.92 Å². The van der Waals surface area contributed by atoms with Crippen LogP contribution in [0.3, 0.4) is 0 Å². The van der Waals surface area contributed by atoms with Crippen LogP contribution in [0.2, 0.25) is 0 Å². The first kappa shape index (κ1) is 13.9. The van der Waals surface area contributed by atoms with Crippen molar-refractivity contribution in [3.05, 3.63) is 42.0 Å². The molecule has 0 saturated heterocycles. The molecule has 1 atom stereocenters. The Morgan fingerprint density at radius 3 is 2.35 bits per heavy atom. The van der Waals surface area contributed by atoms with Gasteiger partial charge in [-0.25, -0.2) is 13.1 Å². The van der Waals surface area contributed by atoms with Gasteiger partial charge in [-0.2, -0.15) is 0 Å². The van der Waals surface area contributed by atoms with Gasteiger partial charge in [0.15, 0.2) is 0 Å². The first-order chi connectivity index (χ1) is 7.86. The third kappa shape index (κ3) is 3.66. The highest BCUT2D eigenvalue weighted by atomic mass is 32.2. The molecular weight excluding hydrogens is 238 g/mol. The van der Waals surface area contributed by atoms with Gasteiger partial charge in [0.2, 0.25) is 10.0 Å². The van der Waals surface area contributed by atoms with Crippen molar-refractivity contribution in [2.75, 3.05) is 6.61 Å². The van der Waals surface area contributed by atoms with Crippen molar-refractivity contribution >= 4 is 10.0 Å². The Bertz CT molecular complexity index is 491. The van der Waals surface area contributed by atoms with Gasteiger partial charge in [-0.15, -0.1) is 0 Å². The van der Waals surface area contributed by atoms with E-state index >= 15 is 0 Å². The van der Waals surface area contributed by atoms with Gasteiger partial charge >= 0.3 is 0 Å². The highest BCUT2D eigenvalue weighted by molar-refractivity contribution is 7.89. The van der Waals surface area contributed by atoms with Gasteiger partial charge in [0.25, 0.3) is 0 Å². The quantitative estimate of drug-likeness (QED) is 0.777. The fourth-order valence-electron chi connectivity index (χ4n) is 1.27. The Kier molecular flexibility index (Phi) is 4.45. The number of nitrogens with one attached hydrogen (secondary N) is 1. The summed E-state index contributed by atoms with van der Waals surface area (Å²) in [6.45, 7) is 6.87. The topological polar surface area (TPSA) is 66.4 Å². The predicted octanol–water partition coefficient (Wildman–Crippen LogP) is 1.21. The van der Waals surface area contributed by atoms with Crippen LogP contribution in [0.4, 0.5) is 0 Å². The maximum atomic E-state index is 12.0. The predicted molar refractivity (Wildman–Crippen MR) is 67.2 cm³/mol. The summed E-state index contributed by atoms with van der Waals surface area (Å²) in [5, 5.41) is 9.06. The lowest BCUT2D eigenvalue weighted by Gasteiger charge is -2.16. The van der Waals surface area contributed by atoms with E-state index in [0.29, 0.717) is 5.57 Å². The molecule has 0 spiro atoms. The van der Waals surface area contributed by atoms with Crippen LogP contribution >= 0.6 is 0 Å². The molecule has 0 heterocycles. The van der Waals surface area contributed by atoms with Gasteiger partial charge in [0, 0.05) is 0 Å². The van der Waals surface area contributed by atoms with Crippen LogP contribution in [-0.2, 0) is 10.0 Å². The Labute approximate surface area is 102 Å².